The van der Waals surface area contributed by atoms with E-state index in [9.17, 15) is 0 Å². The van der Waals surface area contributed by atoms with Crippen molar-refractivity contribution in [1.29, 1.82) is 0 Å². The molecule has 0 aliphatic carbocycles. The van der Waals surface area contributed by atoms with Gasteiger partial charge < -0.3 is 10.2 Å². The molecule has 3 nitrogen and oxygen atoms in total. The second-order valence-electron chi connectivity index (χ2n) is 6.85. The fourth-order valence-corrected chi connectivity index (χ4v) is 2.82. The van der Waals surface area contributed by atoms with Crippen molar-refractivity contribution in [1.82, 2.24) is 10.3 Å². The van der Waals surface area contributed by atoms with E-state index in [1.54, 1.807) is 0 Å². The van der Waals surface area contributed by atoms with Gasteiger partial charge in [-0.1, -0.05) is 33.8 Å². The Hall–Kier alpha value is -1.09. The summed E-state index contributed by atoms with van der Waals surface area (Å²) < 4.78 is 0. The van der Waals surface area contributed by atoms with E-state index in [-0.39, 0.29) is 5.41 Å². The van der Waals surface area contributed by atoms with Crippen molar-refractivity contribution < 1.29 is 0 Å². The monoisotopic (exact) mass is 275 g/mol. The first-order valence-corrected chi connectivity index (χ1v) is 7.96. The van der Waals surface area contributed by atoms with Crippen LogP contribution in [0.4, 0.5) is 5.82 Å². The number of nitrogens with one attached hydrogen (secondary N) is 1. The number of rotatable bonds is 4. The molecular formula is C17H29N3. The largest absolute Gasteiger partial charge is 0.352 e. The highest BCUT2D eigenvalue weighted by molar-refractivity contribution is 5.42. The molecule has 0 amide bonds. The molecule has 0 aromatic carbocycles. The maximum Gasteiger partial charge on any atom is 0.128 e. The molecule has 1 unspecified atom stereocenters. The smallest absolute Gasteiger partial charge is 0.128 e. The van der Waals surface area contributed by atoms with Crippen LogP contribution >= 0.6 is 0 Å². The van der Waals surface area contributed by atoms with Gasteiger partial charge in [0.2, 0.25) is 0 Å². The summed E-state index contributed by atoms with van der Waals surface area (Å²) >= 11 is 0. The van der Waals surface area contributed by atoms with Gasteiger partial charge in [0.05, 0.1) is 0 Å². The summed E-state index contributed by atoms with van der Waals surface area (Å²) in [6.45, 7) is 12.3. The lowest BCUT2D eigenvalue weighted by atomic mass is 9.88. The van der Waals surface area contributed by atoms with Crippen LogP contribution in [-0.4, -0.2) is 30.7 Å². The number of nitrogens with zero attached hydrogens (tertiary/aromatic N) is 2. The standard InChI is InChI=1S/C17H29N3/c1-5-11-20(15-7-6-10-18-13-15)16-9-8-14(12-19-16)17(2,3)4/h8-9,12,15,18H,5-7,10-11,13H2,1-4H3. The van der Waals surface area contributed by atoms with Gasteiger partial charge in [-0.3, -0.25) is 0 Å². The fraction of sp³-hybridized carbons (Fsp3) is 0.706. The van der Waals surface area contributed by atoms with Crippen molar-refractivity contribution in [3.8, 4) is 0 Å². The number of anilines is 1. The lowest BCUT2D eigenvalue weighted by Gasteiger charge is -2.35. The second kappa shape index (κ2) is 6.57. The Bertz CT molecular complexity index is 399. The van der Waals surface area contributed by atoms with Crippen LogP contribution in [0.15, 0.2) is 18.3 Å². The maximum absolute atomic E-state index is 4.74. The molecule has 0 spiro atoms. The summed E-state index contributed by atoms with van der Waals surface area (Å²) in [7, 11) is 0. The van der Waals surface area contributed by atoms with Crippen LogP contribution in [0.3, 0.4) is 0 Å². The molecule has 112 valence electrons. The second-order valence-corrected chi connectivity index (χ2v) is 6.85. The van der Waals surface area contributed by atoms with Gasteiger partial charge in [0, 0.05) is 25.3 Å². The topological polar surface area (TPSA) is 28.2 Å². The van der Waals surface area contributed by atoms with Crippen molar-refractivity contribution >= 4 is 5.82 Å². The first-order valence-electron chi connectivity index (χ1n) is 7.96. The average molecular weight is 275 g/mol. The number of piperidine rings is 1. The molecule has 20 heavy (non-hydrogen) atoms. The van der Waals surface area contributed by atoms with Gasteiger partial charge in [-0.05, 0) is 42.9 Å². The van der Waals surface area contributed by atoms with Gasteiger partial charge in [-0.15, -0.1) is 0 Å². The Kier molecular flexibility index (Phi) is 5.03. The number of hydrogen-bond donors (Lipinski definition) is 1. The first kappa shape index (κ1) is 15.3. The number of hydrogen-bond acceptors (Lipinski definition) is 3. The number of aromatic nitrogens is 1. The van der Waals surface area contributed by atoms with E-state index in [4.69, 9.17) is 4.98 Å². The van der Waals surface area contributed by atoms with E-state index in [0.29, 0.717) is 6.04 Å². The van der Waals surface area contributed by atoms with Gasteiger partial charge in [-0.25, -0.2) is 4.98 Å². The molecule has 0 radical (unpaired) electrons. The fourth-order valence-electron chi connectivity index (χ4n) is 2.82. The maximum atomic E-state index is 4.74. The van der Waals surface area contributed by atoms with E-state index in [0.717, 1.165) is 25.5 Å². The summed E-state index contributed by atoms with van der Waals surface area (Å²) in [5, 5.41) is 3.51. The molecule has 3 heteroatoms. The summed E-state index contributed by atoms with van der Waals surface area (Å²) in [5.74, 6) is 1.13. The van der Waals surface area contributed by atoms with Crippen molar-refractivity contribution in [2.45, 2.75) is 58.4 Å². The molecule has 1 aromatic heterocycles. The Labute approximate surface area is 123 Å². The quantitative estimate of drug-likeness (QED) is 0.913. The summed E-state index contributed by atoms with van der Waals surface area (Å²) in [6, 6.07) is 5.03. The zero-order chi connectivity index (χ0) is 14.6. The Morgan fingerprint density at radius 2 is 2.15 bits per heavy atom. The SMILES string of the molecule is CCCN(c1ccc(C(C)(C)C)cn1)C1CCCNC1. The average Bonchev–Trinajstić information content (AvgIpc) is 2.45. The Morgan fingerprint density at radius 3 is 2.65 bits per heavy atom. The van der Waals surface area contributed by atoms with E-state index in [2.05, 4.69) is 50.0 Å². The van der Waals surface area contributed by atoms with E-state index >= 15 is 0 Å². The van der Waals surface area contributed by atoms with Gasteiger partial charge in [0.1, 0.15) is 5.82 Å². The Balaban J connectivity index is 2.16. The summed E-state index contributed by atoms with van der Waals surface area (Å²) in [6.07, 6.45) is 5.76. The normalized spacial score (nSPS) is 19.9. The van der Waals surface area contributed by atoms with Crippen LogP contribution in [-0.2, 0) is 5.41 Å². The van der Waals surface area contributed by atoms with Gasteiger partial charge in [0.25, 0.3) is 0 Å². The third kappa shape index (κ3) is 3.72. The molecule has 1 N–H and O–H groups in total. The van der Waals surface area contributed by atoms with Gasteiger partial charge in [0.15, 0.2) is 0 Å². The molecule has 1 atom stereocenters. The predicted octanol–water partition coefficient (Wildman–Crippen LogP) is 3.35. The van der Waals surface area contributed by atoms with Crippen LogP contribution in [0.2, 0.25) is 0 Å². The van der Waals surface area contributed by atoms with Crippen molar-refractivity contribution in [3.05, 3.63) is 23.9 Å². The lowest BCUT2D eigenvalue weighted by molar-refractivity contribution is 0.428. The molecule has 1 fully saturated rings. The minimum atomic E-state index is 0.174. The molecule has 1 aromatic rings. The molecule has 2 heterocycles. The lowest BCUT2D eigenvalue weighted by Crippen LogP contribution is -2.46. The highest BCUT2D eigenvalue weighted by Crippen LogP contribution is 2.24. The predicted molar refractivity (Wildman–Crippen MR) is 86.5 cm³/mol. The third-order valence-electron chi connectivity index (χ3n) is 4.08. The summed E-state index contributed by atoms with van der Waals surface area (Å²) in [5.41, 5.74) is 1.48. The van der Waals surface area contributed by atoms with Crippen LogP contribution in [0.5, 0.6) is 0 Å². The van der Waals surface area contributed by atoms with Crippen molar-refractivity contribution in [2.24, 2.45) is 0 Å². The van der Waals surface area contributed by atoms with Crippen LogP contribution in [0, 0.1) is 0 Å². The molecule has 0 saturated carbocycles. The van der Waals surface area contributed by atoms with Crippen LogP contribution < -0.4 is 10.2 Å². The molecule has 1 saturated heterocycles. The number of pyridine rings is 1. The molecule has 1 aliphatic heterocycles. The third-order valence-corrected chi connectivity index (χ3v) is 4.08. The molecular weight excluding hydrogens is 246 g/mol. The van der Waals surface area contributed by atoms with E-state index < -0.39 is 0 Å². The van der Waals surface area contributed by atoms with Crippen molar-refractivity contribution in [2.75, 3.05) is 24.5 Å². The molecule has 1 aliphatic rings. The van der Waals surface area contributed by atoms with E-state index in [1.165, 1.54) is 24.8 Å². The van der Waals surface area contributed by atoms with Gasteiger partial charge in [-0.2, -0.15) is 0 Å². The van der Waals surface area contributed by atoms with Gasteiger partial charge >= 0.3 is 0 Å². The molecule has 2 rings (SSSR count). The zero-order valence-corrected chi connectivity index (χ0v) is 13.4. The minimum Gasteiger partial charge on any atom is -0.352 e. The molecule has 0 bridgehead atoms. The van der Waals surface area contributed by atoms with Crippen molar-refractivity contribution in [3.63, 3.8) is 0 Å². The minimum absolute atomic E-state index is 0.174. The van der Waals surface area contributed by atoms with Crippen LogP contribution in [0.1, 0.15) is 52.5 Å². The zero-order valence-electron chi connectivity index (χ0n) is 13.4. The highest BCUT2D eigenvalue weighted by atomic mass is 15.2. The van der Waals surface area contributed by atoms with E-state index in [1.807, 2.05) is 6.20 Å². The summed E-state index contributed by atoms with van der Waals surface area (Å²) in [4.78, 5) is 7.22. The van der Waals surface area contributed by atoms with Crippen LogP contribution in [0.25, 0.3) is 0 Å². The highest BCUT2D eigenvalue weighted by Gasteiger charge is 2.22. The Morgan fingerprint density at radius 1 is 1.35 bits per heavy atom. The first-order chi connectivity index (χ1) is 9.52.